The lowest BCUT2D eigenvalue weighted by Crippen LogP contribution is -2.80. The number of thioether (sulfide) groups is 1. The highest BCUT2D eigenvalue weighted by molar-refractivity contribution is 8.00. The highest BCUT2D eigenvalue weighted by atomic mass is 32.2. The maximum atomic E-state index is 14.3. The van der Waals surface area contributed by atoms with E-state index in [1.807, 2.05) is 60.7 Å². The number of benzene rings is 4. The Morgan fingerprint density at radius 3 is 2.04 bits per heavy atom. The molecule has 248 valence electrons. The molecule has 4 aromatic carbocycles. The molecular weight excluding hydrogens is 650 g/mol. The molecule has 49 heavy (non-hydrogen) atoms. The molecule has 0 aliphatic carbocycles. The second-order valence-electron chi connectivity index (χ2n) is 11.0. The number of non-ortho nitro benzene ring substituents is 1. The van der Waals surface area contributed by atoms with E-state index in [0.717, 1.165) is 16.7 Å². The van der Waals surface area contributed by atoms with E-state index in [9.17, 15) is 29.3 Å². The van der Waals surface area contributed by atoms with Gasteiger partial charge in [-0.05, 0) is 28.8 Å². The van der Waals surface area contributed by atoms with E-state index in [1.165, 1.54) is 31.4 Å². The van der Waals surface area contributed by atoms with Gasteiger partial charge in [-0.3, -0.25) is 29.9 Å². The number of carbonyl (C=O) groups is 4. The van der Waals surface area contributed by atoms with Crippen LogP contribution in [-0.4, -0.2) is 57.5 Å². The second kappa shape index (κ2) is 14.1. The van der Waals surface area contributed by atoms with Crippen LogP contribution < -0.4 is 5.32 Å². The standard InChI is InChI=1S/C36H29N3O9S/c1-46-36(37-35(43)47-21-23-17-19-27(20-18-23)39(44)45)33(42)38-29(28(22-49-34(36)38)30(40)24-11-5-2-6-12-24)32(41)48-31(25-13-7-3-8-14-25)26-15-9-4-10-16-26/h2-20,31,34H,21-22H2,1H3,(H,37,43)/t34-,36?/m0/s1. The zero-order chi connectivity index (χ0) is 34.5. The average Bonchev–Trinajstić information content (AvgIpc) is 3.15. The van der Waals surface area contributed by atoms with Gasteiger partial charge in [0.05, 0.1) is 4.92 Å². The van der Waals surface area contributed by atoms with Crippen molar-refractivity contribution in [2.45, 2.75) is 23.8 Å². The number of rotatable bonds is 11. The monoisotopic (exact) mass is 679 g/mol. The Morgan fingerprint density at radius 2 is 1.49 bits per heavy atom. The Morgan fingerprint density at radius 1 is 0.918 bits per heavy atom. The number of ether oxygens (including phenoxy) is 3. The van der Waals surface area contributed by atoms with Crippen LogP contribution in [0.15, 0.2) is 127 Å². The number of alkyl carbamates (subject to hydrolysis) is 1. The highest BCUT2D eigenvalue weighted by Gasteiger charge is 2.67. The molecule has 0 saturated carbocycles. The van der Waals surface area contributed by atoms with Crippen LogP contribution in [0, 0.1) is 10.1 Å². The Bertz CT molecular complexity index is 1880. The van der Waals surface area contributed by atoms with Crippen molar-refractivity contribution in [3.8, 4) is 0 Å². The lowest BCUT2D eigenvalue weighted by atomic mass is 9.95. The van der Waals surface area contributed by atoms with Gasteiger partial charge in [0, 0.05) is 36.1 Å². The molecule has 6 rings (SSSR count). The van der Waals surface area contributed by atoms with Gasteiger partial charge in [-0.2, -0.15) is 0 Å². The van der Waals surface area contributed by atoms with Crippen molar-refractivity contribution in [2.75, 3.05) is 12.9 Å². The third-order valence-electron chi connectivity index (χ3n) is 8.09. The van der Waals surface area contributed by atoms with E-state index in [4.69, 9.17) is 14.2 Å². The van der Waals surface area contributed by atoms with Crippen molar-refractivity contribution in [3.05, 3.63) is 159 Å². The number of β-lactam (4-membered cyclic amide) rings is 1. The molecule has 13 heteroatoms. The molecule has 0 bridgehead atoms. The number of Topliss-reactive ketones (excluding diaryl/α,β-unsaturated/α-hetero) is 1. The van der Waals surface area contributed by atoms with E-state index in [1.54, 1.807) is 30.3 Å². The molecule has 2 heterocycles. The molecule has 1 saturated heterocycles. The lowest BCUT2D eigenvalue weighted by molar-refractivity contribution is -0.384. The quantitative estimate of drug-likeness (QED) is 0.0533. The summed E-state index contributed by atoms with van der Waals surface area (Å²) >= 11 is 1.13. The molecule has 2 atom stereocenters. The minimum absolute atomic E-state index is 0.00141. The minimum Gasteiger partial charge on any atom is -0.448 e. The third-order valence-corrected chi connectivity index (χ3v) is 9.40. The van der Waals surface area contributed by atoms with Gasteiger partial charge >= 0.3 is 12.1 Å². The molecule has 12 nitrogen and oxygen atoms in total. The molecule has 0 aromatic heterocycles. The van der Waals surface area contributed by atoms with E-state index in [2.05, 4.69) is 5.32 Å². The van der Waals surface area contributed by atoms with Crippen molar-refractivity contribution in [3.63, 3.8) is 0 Å². The number of methoxy groups -OCH3 is 1. The van der Waals surface area contributed by atoms with E-state index < -0.39 is 45.9 Å². The smallest absolute Gasteiger partial charge is 0.410 e. The largest absolute Gasteiger partial charge is 0.448 e. The van der Waals surface area contributed by atoms with Crippen molar-refractivity contribution in [2.24, 2.45) is 0 Å². The predicted octanol–water partition coefficient (Wildman–Crippen LogP) is 5.55. The van der Waals surface area contributed by atoms with Gasteiger partial charge in [0.2, 0.25) is 0 Å². The van der Waals surface area contributed by atoms with Gasteiger partial charge in [-0.15, -0.1) is 11.8 Å². The lowest BCUT2D eigenvalue weighted by Gasteiger charge is -2.55. The summed E-state index contributed by atoms with van der Waals surface area (Å²) < 4.78 is 17.0. The number of fused-ring (bicyclic) bond motifs is 1. The summed E-state index contributed by atoms with van der Waals surface area (Å²) in [4.78, 5) is 66.6. The SMILES string of the molecule is COC1(NC(=O)OCc2ccc([N+](=O)[O-])cc2)C(=O)N2C(C(=O)OC(c3ccccc3)c3ccccc3)=C(C(=O)c3ccccc3)CS[C@H]21. The summed E-state index contributed by atoms with van der Waals surface area (Å²) in [7, 11) is 1.24. The molecule has 4 aromatic rings. The first-order valence-electron chi connectivity index (χ1n) is 15.1. The second-order valence-corrected chi connectivity index (χ2v) is 12.1. The van der Waals surface area contributed by atoms with Crippen molar-refractivity contribution >= 4 is 41.2 Å². The molecule has 2 amide bonds. The van der Waals surface area contributed by atoms with E-state index >= 15 is 0 Å². The number of nitro benzene ring substituents is 1. The number of amides is 2. The Labute approximate surface area is 284 Å². The van der Waals surface area contributed by atoms with Gasteiger partial charge < -0.3 is 14.2 Å². The molecule has 0 spiro atoms. The number of esters is 1. The predicted molar refractivity (Wildman–Crippen MR) is 178 cm³/mol. The summed E-state index contributed by atoms with van der Waals surface area (Å²) in [5.41, 5.74) is -0.0651. The fourth-order valence-corrected chi connectivity index (χ4v) is 7.04. The number of hydrogen-bond acceptors (Lipinski definition) is 10. The summed E-state index contributed by atoms with van der Waals surface area (Å²) in [6.45, 7) is -0.243. The number of nitrogens with zero attached hydrogens (tertiary/aromatic N) is 2. The van der Waals surface area contributed by atoms with Crippen molar-refractivity contribution in [1.29, 1.82) is 0 Å². The average molecular weight is 680 g/mol. The van der Waals surface area contributed by atoms with Crippen LogP contribution in [0.2, 0.25) is 0 Å². The molecule has 2 aliphatic rings. The van der Waals surface area contributed by atoms with Crippen LogP contribution in [-0.2, 0) is 30.4 Å². The summed E-state index contributed by atoms with van der Waals surface area (Å²) in [6, 6.07) is 32.0. The fourth-order valence-electron chi connectivity index (χ4n) is 5.60. The normalized spacial score (nSPS) is 18.3. The summed E-state index contributed by atoms with van der Waals surface area (Å²) in [6.07, 6.45) is -1.86. The fraction of sp³-hybridized carbons (Fsp3) is 0.167. The third kappa shape index (κ3) is 6.53. The molecule has 2 aliphatic heterocycles. The van der Waals surface area contributed by atoms with Gasteiger partial charge in [0.1, 0.15) is 17.7 Å². The zero-order valence-corrected chi connectivity index (χ0v) is 26.8. The van der Waals surface area contributed by atoms with Crippen molar-refractivity contribution in [1.82, 2.24) is 10.2 Å². The van der Waals surface area contributed by atoms with Gasteiger partial charge in [-0.1, -0.05) is 91.0 Å². The molecule has 1 fully saturated rings. The van der Waals surface area contributed by atoms with E-state index in [-0.39, 0.29) is 29.3 Å². The van der Waals surface area contributed by atoms with Gasteiger partial charge in [0.25, 0.3) is 17.3 Å². The first-order chi connectivity index (χ1) is 23.7. The van der Waals surface area contributed by atoms with Crippen LogP contribution in [0.25, 0.3) is 0 Å². The maximum absolute atomic E-state index is 14.3. The summed E-state index contributed by atoms with van der Waals surface area (Å²) in [5, 5.41) is 12.5. The molecule has 0 radical (unpaired) electrons. The molecule has 1 unspecified atom stereocenters. The zero-order valence-electron chi connectivity index (χ0n) is 26.0. The Balaban J connectivity index is 1.29. The first kappa shape index (κ1) is 33.1. The summed E-state index contributed by atoms with van der Waals surface area (Å²) in [5.74, 6) is -2.16. The highest BCUT2D eigenvalue weighted by Crippen LogP contribution is 2.48. The Kier molecular flexibility index (Phi) is 9.56. The topological polar surface area (TPSA) is 154 Å². The van der Waals surface area contributed by atoms with Crippen LogP contribution >= 0.6 is 11.8 Å². The first-order valence-corrected chi connectivity index (χ1v) is 16.1. The van der Waals surface area contributed by atoms with Crippen LogP contribution in [0.1, 0.15) is 33.2 Å². The Hall–Kier alpha value is -5.79. The number of nitrogens with one attached hydrogen (secondary N) is 1. The van der Waals surface area contributed by atoms with Crippen LogP contribution in [0.4, 0.5) is 10.5 Å². The molecule has 1 N–H and O–H groups in total. The van der Waals surface area contributed by atoms with E-state index in [0.29, 0.717) is 22.3 Å². The number of nitro groups is 1. The van der Waals surface area contributed by atoms with Gasteiger partial charge in [0.15, 0.2) is 11.9 Å². The van der Waals surface area contributed by atoms with Crippen molar-refractivity contribution < 1.29 is 38.3 Å². The van der Waals surface area contributed by atoms with Gasteiger partial charge in [-0.25, -0.2) is 9.59 Å². The van der Waals surface area contributed by atoms with Crippen LogP contribution in [0.5, 0.6) is 0 Å². The maximum Gasteiger partial charge on any atom is 0.410 e. The number of hydrogen-bond donors (Lipinski definition) is 1. The van der Waals surface area contributed by atoms with Crippen LogP contribution in [0.3, 0.4) is 0 Å². The molecular formula is C36H29N3O9S. The number of carbonyl (C=O) groups excluding carboxylic acids is 4. The number of ketones is 1. The minimum atomic E-state index is -1.93.